The van der Waals surface area contributed by atoms with Crippen LogP contribution in [-0.2, 0) is 4.74 Å². The molecule has 3 unspecified atom stereocenters. The van der Waals surface area contributed by atoms with E-state index in [-0.39, 0.29) is 23.4 Å². The number of hydrogen-bond donors (Lipinski definition) is 4. The van der Waals surface area contributed by atoms with Crippen molar-refractivity contribution in [2.45, 2.75) is 57.7 Å². The number of alkyl carbamates (subject to hydrolysis) is 1. The van der Waals surface area contributed by atoms with Crippen LogP contribution in [0.15, 0.2) is 66.9 Å². The molecule has 1 aliphatic carbocycles. The van der Waals surface area contributed by atoms with Gasteiger partial charge in [-0.3, -0.25) is 0 Å². The lowest BCUT2D eigenvalue weighted by molar-refractivity contribution is 0.0505. The first kappa shape index (κ1) is 27.5. The number of pyridine rings is 1. The first-order valence-corrected chi connectivity index (χ1v) is 15.1. The molecule has 0 saturated heterocycles. The summed E-state index contributed by atoms with van der Waals surface area (Å²) in [5.74, 6) is 1.37. The molecule has 2 aromatic carbocycles. The number of thiophene rings is 1. The fourth-order valence-corrected chi connectivity index (χ4v) is 7.48. The van der Waals surface area contributed by atoms with Crippen LogP contribution in [0.2, 0.25) is 0 Å². The molecular weight excluding hydrogens is 554 g/mol. The predicted molar refractivity (Wildman–Crippen MR) is 164 cm³/mol. The molecular formula is C31H32N5O5S+. The largest absolute Gasteiger partial charge is 0.458 e. The molecule has 3 atom stereocenters. The molecule has 4 amide bonds. The maximum atomic E-state index is 14.0. The van der Waals surface area contributed by atoms with Crippen molar-refractivity contribution >= 4 is 49.4 Å². The summed E-state index contributed by atoms with van der Waals surface area (Å²) in [6.07, 6.45) is 3.20. The molecule has 1 fully saturated rings. The van der Waals surface area contributed by atoms with Crippen LogP contribution in [-0.4, -0.2) is 40.0 Å². The Hall–Kier alpha value is -4.64. The number of nitrogens with one attached hydrogen (secondary N) is 4. The van der Waals surface area contributed by atoms with Crippen LogP contribution in [0.25, 0.3) is 20.7 Å². The Labute approximate surface area is 245 Å². The molecule has 2 aliphatic rings. The second-order valence-electron chi connectivity index (χ2n) is 11.4. The molecule has 0 spiro atoms. The summed E-state index contributed by atoms with van der Waals surface area (Å²) in [6.45, 7) is 5.47. The SMILES string of the molecule is CC(C)(C)OC(=O)NC1CCC(NC(=O)[s+]2c(-c3ccc(Oc4ccccc4)cc3)c3c4c(ccnc42)NC(=O)N3)C1. The molecule has 4 N–H and O–H groups in total. The van der Waals surface area contributed by atoms with Gasteiger partial charge in [-0.1, -0.05) is 18.2 Å². The molecule has 42 heavy (non-hydrogen) atoms. The van der Waals surface area contributed by atoms with Gasteiger partial charge in [0.2, 0.25) is 4.88 Å². The topological polar surface area (TPSA) is 131 Å². The summed E-state index contributed by atoms with van der Waals surface area (Å²) in [4.78, 5) is 44.8. The lowest BCUT2D eigenvalue weighted by Gasteiger charge is -2.21. The van der Waals surface area contributed by atoms with Gasteiger partial charge in [0.15, 0.2) is 0 Å². The lowest BCUT2D eigenvalue weighted by atomic mass is 10.1. The number of urea groups is 1. The number of carbonyl (C=O) groups is 3. The third-order valence-corrected chi connectivity index (χ3v) is 9.07. The van der Waals surface area contributed by atoms with Crippen molar-refractivity contribution in [2.24, 2.45) is 0 Å². The normalized spacial score (nSPS) is 18.2. The Morgan fingerprint density at radius 3 is 2.33 bits per heavy atom. The van der Waals surface area contributed by atoms with Crippen molar-refractivity contribution in [3.63, 3.8) is 0 Å². The van der Waals surface area contributed by atoms with Gasteiger partial charge in [0, 0.05) is 23.8 Å². The van der Waals surface area contributed by atoms with E-state index in [2.05, 4.69) is 26.3 Å². The van der Waals surface area contributed by atoms with Gasteiger partial charge in [-0.25, -0.2) is 19.4 Å². The van der Waals surface area contributed by atoms with Crippen molar-refractivity contribution in [2.75, 3.05) is 10.6 Å². The first-order valence-electron chi connectivity index (χ1n) is 13.8. The molecule has 10 nitrogen and oxygen atoms in total. The van der Waals surface area contributed by atoms with Gasteiger partial charge in [0.1, 0.15) is 38.6 Å². The van der Waals surface area contributed by atoms with Gasteiger partial charge in [-0.05, 0) is 82.5 Å². The highest BCUT2D eigenvalue weighted by molar-refractivity contribution is 7.58. The smallest absolute Gasteiger partial charge is 0.457 e. The Kier molecular flexibility index (Phi) is 7.19. The number of amides is 4. The third-order valence-electron chi connectivity index (χ3n) is 7.03. The Morgan fingerprint density at radius 1 is 0.929 bits per heavy atom. The van der Waals surface area contributed by atoms with Crippen molar-refractivity contribution in [1.29, 1.82) is 0 Å². The predicted octanol–water partition coefficient (Wildman–Crippen LogP) is 7.40. The molecule has 216 valence electrons. The zero-order chi connectivity index (χ0) is 29.4. The maximum Gasteiger partial charge on any atom is 0.458 e. The van der Waals surface area contributed by atoms with E-state index in [4.69, 9.17) is 9.47 Å². The van der Waals surface area contributed by atoms with Crippen LogP contribution in [0.3, 0.4) is 0 Å². The molecule has 1 saturated carbocycles. The van der Waals surface area contributed by atoms with Crippen LogP contribution in [0.1, 0.15) is 40.0 Å². The van der Waals surface area contributed by atoms with E-state index in [1.165, 1.54) is 0 Å². The highest BCUT2D eigenvalue weighted by Gasteiger charge is 2.41. The molecule has 0 bridgehead atoms. The summed E-state index contributed by atoms with van der Waals surface area (Å²) in [5, 5.41) is 12.4. The Balaban J connectivity index is 1.29. The molecule has 3 heterocycles. The van der Waals surface area contributed by atoms with Crippen molar-refractivity contribution < 1.29 is 23.9 Å². The second kappa shape index (κ2) is 11.0. The number of ether oxygens (including phenoxy) is 2. The molecule has 1 aliphatic heterocycles. The average Bonchev–Trinajstić information content (AvgIpc) is 3.51. The average molecular weight is 587 g/mol. The van der Waals surface area contributed by atoms with Crippen molar-refractivity contribution in [1.82, 2.24) is 15.6 Å². The van der Waals surface area contributed by atoms with Gasteiger partial charge in [-0.15, -0.1) is 0 Å². The number of rotatable bonds is 6. The minimum Gasteiger partial charge on any atom is -0.457 e. The maximum absolute atomic E-state index is 14.0. The zero-order valence-corrected chi connectivity index (χ0v) is 24.3. The van der Waals surface area contributed by atoms with Crippen LogP contribution in [0.4, 0.5) is 25.8 Å². The van der Waals surface area contributed by atoms with E-state index < -0.39 is 22.2 Å². The van der Waals surface area contributed by atoms with Crippen LogP contribution < -0.4 is 26.0 Å². The van der Waals surface area contributed by atoms with Gasteiger partial charge in [0.25, 0.3) is 4.83 Å². The number of benzene rings is 2. The fraction of sp³-hybridized carbons (Fsp3) is 0.290. The summed E-state index contributed by atoms with van der Waals surface area (Å²) >= 11 is 0. The van der Waals surface area contributed by atoms with E-state index in [0.29, 0.717) is 33.3 Å². The van der Waals surface area contributed by atoms with Gasteiger partial charge in [-0.2, -0.15) is 0 Å². The second-order valence-corrected chi connectivity index (χ2v) is 13.1. The number of aromatic nitrogens is 1. The van der Waals surface area contributed by atoms with E-state index in [1.54, 1.807) is 12.3 Å². The third kappa shape index (κ3) is 5.73. The van der Waals surface area contributed by atoms with Crippen molar-refractivity contribution in [3.05, 3.63) is 66.9 Å². The van der Waals surface area contributed by atoms with E-state index in [1.807, 2.05) is 75.4 Å². The van der Waals surface area contributed by atoms with Crippen LogP contribution >= 0.6 is 10.5 Å². The number of anilines is 2. The minimum absolute atomic E-state index is 0.0950. The number of carbonyl (C=O) groups excluding carboxylic acids is 3. The highest BCUT2D eigenvalue weighted by Crippen LogP contribution is 2.53. The van der Waals surface area contributed by atoms with E-state index in [9.17, 15) is 14.4 Å². The van der Waals surface area contributed by atoms with Gasteiger partial charge < -0.3 is 30.7 Å². The van der Waals surface area contributed by atoms with Crippen LogP contribution in [0, 0.1) is 0 Å². The monoisotopic (exact) mass is 586 g/mol. The zero-order valence-electron chi connectivity index (χ0n) is 23.5. The fourth-order valence-electron chi connectivity index (χ4n) is 5.33. The number of nitrogens with zero attached hydrogens (tertiary/aromatic N) is 1. The molecule has 0 radical (unpaired) electrons. The Bertz CT molecular complexity index is 1660. The van der Waals surface area contributed by atoms with E-state index in [0.717, 1.165) is 29.5 Å². The standard InChI is InChI=1S/C31H31N5O5S/c1-31(2,3)41-29(38)33-19-11-12-20(17-19)34-30(39)42-26(25-24-23(35-28(37)36-25)15-16-32-27(24)42)18-9-13-22(14-10-18)40-21-7-5-4-6-8-21/h4-10,13-16,19-20H,11-12,17H2,1-3H3,(H3-,32,33,34,35,36,37,38,39)/p+1. The molecule has 2 aromatic heterocycles. The summed E-state index contributed by atoms with van der Waals surface area (Å²) in [6, 6.07) is 18.1. The van der Waals surface area contributed by atoms with Gasteiger partial charge in [0.05, 0.1) is 5.69 Å². The first-order chi connectivity index (χ1) is 20.1. The van der Waals surface area contributed by atoms with Gasteiger partial charge >= 0.3 is 17.4 Å². The lowest BCUT2D eigenvalue weighted by Crippen LogP contribution is -2.39. The number of hydrogen-bond acceptors (Lipinski definition) is 6. The summed E-state index contributed by atoms with van der Waals surface area (Å²) in [5.41, 5.74) is 1.40. The molecule has 11 heteroatoms. The minimum atomic E-state index is -1.12. The van der Waals surface area contributed by atoms with E-state index >= 15 is 0 Å². The Morgan fingerprint density at radius 2 is 1.62 bits per heavy atom. The molecule has 4 aromatic rings. The number of para-hydroxylation sites is 1. The van der Waals surface area contributed by atoms with Crippen LogP contribution in [0.5, 0.6) is 11.5 Å². The quantitative estimate of drug-likeness (QED) is 0.174. The van der Waals surface area contributed by atoms with Crippen molar-refractivity contribution in [3.8, 4) is 21.9 Å². The highest BCUT2D eigenvalue weighted by atomic mass is 32.2. The summed E-state index contributed by atoms with van der Waals surface area (Å²) in [7, 11) is -1.12. The summed E-state index contributed by atoms with van der Waals surface area (Å²) < 4.78 is 11.4. The molecule has 6 rings (SSSR count).